The van der Waals surface area contributed by atoms with Gasteiger partial charge in [-0.1, -0.05) is 0 Å². The van der Waals surface area contributed by atoms with E-state index in [0.717, 1.165) is 6.42 Å². The van der Waals surface area contributed by atoms with Crippen LogP contribution in [0.15, 0.2) is 0 Å². The zero-order valence-corrected chi connectivity index (χ0v) is 11.6. The van der Waals surface area contributed by atoms with Crippen LogP contribution >= 0.6 is 0 Å². The van der Waals surface area contributed by atoms with Crippen LogP contribution < -0.4 is 0 Å². The summed E-state index contributed by atoms with van der Waals surface area (Å²) in [6, 6.07) is 0.110. The first-order valence-corrected chi connectivity index (χ1v) is 6.58. The number of amides is 1. The van der Waals surface area contributed by atoms with Crippen LogP contribution in [0.1, 0.15) is 46.5 Å². The van der Waals surface area contributed by atoms with Crippen molar-refractivity contribution < 1.29 is 19.4 Å². The van der Waals surface area contributed by atoms with Gasteiger partial charge >= 0.3 is 5.97 Å². The summed E-state index contributed by atoms with van der Waals surface area (Å²) >= 11 is 0. The molecule has 18 heavy (non-hydrogen) atoms. The summed E-state index contributed by atoms with van der Waals surface area (Å²) in [6.07, 6.45) is 1.79. The van der Waals surface area contributed by atoms with Crippen LogP contribution in [0.25, 0.3) is 0 Å². The van der Waals surface area contributed by atoms with Gasteiger partial charge in [0, 0.05) is 38.6 Å². The Labute approximate surface area is 109 Å². The van der Waals surface area contributed by atoms with Crippen LogP contribution in [0.2, 0.25) is 0 Å². The van der Waals surface area contributed by atoms with E-state index in [9.17, 15) is 9.59 Å². The van der Waals surface area contributed by atoms with Gasteiger partial charge in [-0.05, 0) is 33.6 Å². The van der Waals surface area contributed by atoms with Crippen molar-refractivity contribution in [3.8, 4) is 0 Å². The molecule has 5 nitrogen and oxygen atoms in total. The number of hydrogen-bond acceptors (Lipinski definition) is 3. The van der Waals surface area contributed by atoms with Gasteiger partial charge in [-0.2, -0.15) is 0 Å². The highest BCUT2D eigenvalue weighted by Gasteiger charge is 2.16. The molecule has 0 spiro atoms. The lowest BCUT2D eigenvalue weighted by molar-refractivity contribution is -0.138. The third kappa shape index (κ3) is 8.06. The fourth-order valence-electron chi connectivity index (χ4n) is 1.68. The molecule has 0 aromatic rings. The highest BCUT2D eigenvalue weighted by molar-refractivity contribution is 5.76. The van der Waals surface area contributed by atoms with E-state index < -0.39 is 5.97 Å². The Morgan fingerprint density at radius 3 is 2.39 bits per heavy atom. The molecule has 0 saturated heterocycles. The van der Waals surface area contributed by atoms with Gasteiger partial charge in [-0.15, -0.1) is 0 Å². The smallest absolute Gasteiger partial charge is 0.303 e. The maximum atomic E-state index is 11.9. The molecule has 0 bridgehead atoms. The largest absolute Gasteiger partial charge is 0.481 e. The lowest BCUT2D eigenvalue weighted by atomic mass is 10.2. The second kappa shape index (κ2) is 9.88. The number of carbonyl (C=O) groups is 2. The maximum absolute atomic E-state index is 11.9. The molecule has 0 aliphatic heterocycles. The van der Waals surface area contributed by atoms with E-state index in [1.807, 2.05) is 20.8 Å². The zero-order valence-electron chi connectivity index (χ0n) is 11.6. The van der Waals surface area contributed by atoms with E-state index in [4.69, 9.17) is 9.84 Å². The van der Waals surface area contributed by atoms with Gasteiger partial charge in [0.1, 0.15) is 0 Å². The van der Waals surface area contributed by atoms with Gasteiger partial charge in [0.15, 0.2) is 0 Å². The molecule has 0 radical (unpaired) electrons. The molecule has 0 saturated carbocycles. The average Bonchev–Trinajstić information content (AvgIpc) is 2.29. The Morgan fingerprint density at radius 1 is 1.22 bits per heavy atom. The van der Waals surface area contributed by atoms with Crippen molar-refractivity contribution >= 4 is 11.9 Å². The second-order valence-electron chi connectivity index (χ2n) is 4.48. The van der Waals surface area contributed by atoms with E-state index in [1.54, 1.807) is 4.90 Å². The third-order valence-electron chi connectivity index (χ3n) is 2.62. The highest BCUT2D eigenvalue weighted by atomic mass is 16.5. The van der Waals surface area contributed by atoms with Crippen LogP contribution in [-0.4, -0.2) is 47.7 Å². The molecular formula is C13H25NO4. The third-order valence-corrected chi connectivity index (χ3v) is 2.62. The van der Waals surface area contributed by atoms with Crippen molar-refractivity contribution in [2.75, 3.05) is 19.8 Å². The molecule has 0 aliphatic carbocycles. The Hall–Kier alpha value is -1.10. The number of nitrogens with zero attached hydrogens (tertiary/aromatic N) is 1. The fraction of sp³-hybridized carbons (Fsp3) is 0.846. The molecule has 0 rings (SSSR count). The van der Waals surface area contributed by atoms with Gasteiger partial charge in [-0.25, -0.2) is 0 Å². The summed E-state index contributed by atoms with van der Waals surface area (Å²) in [5.41, 5.74) is 0. The number of carboxylic acid groups (broad SMARTS) is 1. The van der Waals surface area contributed by atoms with E-state index in [0.29, 0.717) is 32.6 Å². The molecule has 1 N–H and O–H groups in total. The van der Waals surface area contributed by atoms with Crippen molar-refractivity contribution in [3.05, 3.63) is 0 Å². The van der Waals surface area contributed by atoms with Gasteiger partial charge in [0.05, 0.1) is 0 Å². The second-order valence-corrected chi connectivity index (χ2v) is 4.48. The predicted octanol–water partition coefficient (Wildman–Crippen LogP) is 1.90. The standard InChI is InChI=1S/C13H25NO4/c1-4-18-10-6-7-12(15)14(11(2)3)9-5-8-13(16)17/h11H,4-10H2,1-3H3,(H,16,17). The van der Waals surface area contributed by atoms with Crippen molar-refractivity contribution in [2.24, 2.45) is 0 Å². The van der Waals surface area contributed by atoms with E-state index >= 15 is 0 Å². The lowest BCUT2D eigenvalue weighted by Crippen LogP contribution is -2.37. The minimum Gasteiger partial charge on any atom is -0.481 e. The van der Waals surface area contributed by atoms with Crippen LogP contribution in [0.5, 0.6) is 0 Å². The molecule has 0 unspecified atom stereocenters. The molecule has 0 fully saturated rings. The lowest BCUT2D eigenvalue weighted by Gasteiger charge is -2.26. The van der Waals surface area contributed by atoms with Crippen molar-refractivity contribution in [2.45, 2.75) is 52.5 Å². The molecular weight excluding hydrogens is 234 g/mol. The number of carboxylic acids is 1. The Balaban J connectivity index is 3.99. The Kier molecular flexibility index (Phi) is 9.28. The molecule has 0 aromatic carbocycles. The van der Waals surface area contributed by atoms with Crippen molar-refractivity contribution in [3.63, 3.8) is 0 Å². The predicted molar refractivity (Wildman–Crippen MR) is 69.4 cm³/mol. The minimum atomic E-state index is -0.817. The molecule has 1 amide bonds. The van der Waals surface area contributed by atoms with Crippen LogP contribution in [0.4, 0.5) is 0 Å². The summed E-state index contributed by atoms with van der Waals surface area (Å²) in [6.45, 7) is 7.60. The van der Waals surface area contributed by atoms with E-state index in [1.165, 1.54) is 0 Å². The fourth-order valence-corrected chi connectivity index (χ4v) is 1.68. The first-order chi connectivity index (χ1) is 8.49. The van der Waals surface area contributed by atoms with Gasteiger partial charge < -0.3 is 14.7 Å². The van der Waals surface area contributed by atoms with Crippen molar-refractivity contribution in [1.82, 2.24) is 4.90 Å². The topological polar surface area (TPSA) is 66.8 Å². The summed E-state index contributed by atoms with van der Waals surface area (Å²) < 4.78 is 5.19. The summed E-state index contributed by atoms with van der Waals surface area (Å²) in [5.74, 6) is -0.738. The maximum Gasteiger partial charge on any atom is 0.303 e. The zero-order chi connectivity index (χ0) is 14.0. The number of ether oxygens (including phenoxy) is 1. The quantitative estimate of drug-likeness (QED) is 0.608. The Morgan fingerprint density at radius 2 is 1.89 bits per heavy atom. The summed E-state index contributed by atoms with van der Waals surface area (Å²) in [5, 5.41) is 8.58. The van der Waals surface area contributed by atoms with Gasteiger partial charge in [-0.3, -0.25) is 9.59 Å². The molecule has 5 heteroatoms. The molecule has 0 aliphatic rings. The van der Waals surface area contributed by atoms with Gasteiger partial charge in [0.2, 0.25) is 5.91 Å². The number of aliphatic carboxylic acids is 1. The molecule has 0 atom stereocenters. The minimum absolute atomic E-state index is 0.0788. The highest BCUT2D eigenvalue weighted by Crippen LogP contribution is 2.06. The molecule has 0 aromatic heterocycles. The number of carbonyl (C=O) groups excluding carboxylic acids is 1. The SMILES string of the molecule is CCOCCCC(=O)N(CCCC(=O)O)C(C)C. The first kappa shape index (κ1) is 16.9. The monoisotopic (exact) mass is 259 g/mol. The number of rotatable bonds is 10. The van der Waals surface area contributed by atoms with E-state index in [2.05, 4.69) is 0 Å². The van der Waals surface area contributed by atoms with Crippen molar-refractivity contribution in [1.29, 1.82) is 0 Å². The summed E-state index contributed by atoms with van der Waals surface area (Å²) in [7, 11) is 0. The molecule has 0 heterocycles. The Bertz CT molecular complexity index is 253. The molecule has 106 valence electrons. The normalized spacial score (nSPS) is 10.7. The van der Waals surface area contributed by atoms with E-state index in [-0.39, 0.29) is 18.4 Å². The summed E-state index contributed by atoms with van der Waals surface area (Å²) in [4.78, 5) is 24.1. The van der Waals surface area contributed by atoms with Crippen LogP contribution in [-0.2, 0) is 14.3 Å². The average molecular weight is 259 g/mol. The van der Waals surface area contributed by atoms with Crippen LogP contribution in [0, 0.1) is 0 Å². The van der Waals surface area contributed by atoms with Crippen LogP contribution in [0.3, 0.4) is 0 Å². The van der Waals surface area contributed by atoms with Gasteiger partial charge in [0.25, 0.3) is 0 Å². The number of hydrogen-bond donors (Lipinski definition) is 1. The first-order valence-electron chi connectivity index (χ1n) is 6.58.